The molecule has 3 rings (SSSR count). The Bertz CT molecular complexity index is 1150. The summed E-state index contributed by atoms with van der Waals surface area (Å²) in [6, 6.07) is 14.3. The highest BCUT2D eigenvalue weighted by molar-refractivity contribution is 6.00. The molecule has 0 atom stereocenters. The number of carbonyl (C=O) groups is 3. The Hall–Kier alpha value is -3.94. The van der Waals surface area contributed by atoms with Gasteiger partial charge in [-0.15, -0.1) is 0 Å². The quantitative estimate of drug-likeness (QED) is 0.397. The normalized spacial score (nSPS) is 10.5. The number of nitrogens with one attached hydrogen (secondary N) is 1. The first-order valence-corrected chi connectivity index (χ1v) is 10.3. The molecule has 0 aliphatic rings. The summed E-state index contributed by atoms with van der Waals surface area (Å²) in [5.41, 5.74) is 3.30. The molecule has 1 heterocycles. The van der Waals surface area contributed by atoms with E-state index in [0.29, 0.717) is 23.4 Å². The average Bonchev–Trinajstić information content (AvgIpc) is 3.10. The Morgan fingerprint density at radius 2 is 1.67 bits per heavy atom. The van der Waals surface area contributed by atoms with E-state index >= 15 is 0 Å². The van der Waals surface area contributed by atoms with Crippen molar-refractivity contribution in [2.24, 2.45) is 0 Å². The molecular formula is C25H25FN2O5. The number of hydrogen-bond acceptors (Lipinski definition) is 5. The Balaban J connectivity index is 1.53. The SMILES string of the molecule is COc1ccc(C(=O)NCC(=O)OCC(=O)c2cc(C)n(Cc3ccc(F)cc3)c2C)cc1. The van der Waals surface area contributed by atoms with E-state index in [4.69, 9.17) is 9.47 Å². The maximum Gasteiger partial charge on any atom is 0.325 e. The van der Waals surface area contributed by atoms with Gasteiger partial charge < -0.3 is 19.4 Å². The summed E-state index contributed by atoms with van der Waals surface area (Å²) >= 11 is 0. The minimum absolute atomic E-state index is 0.308. The van der Waals surface area contributed by atoms with Gasteiger partial charge in [0.05, 0.1) is 7.11 Å². The van der Waals surface area contributed by atoms with Crippen LogP contribution in [0.25, 0.3) is 0 Å². The molecule has 0 bridgehead atoms. The molecule has 7 nitrogen and oxygen atoms in total. The molecule has 0 unspecified atom stereocenters. The Kier molecular flexibility index (Phi) is 7.61. The van der Waals surface area contributed by atoms with Gasteiger partial charge in [0.25, 0.3) is 5.91 Å². The zero-order chi connectivity index (χ0) is 24.0. The van der Waals surface area contributed by atoms with Crippen molar-refractivity contribution in [2.75, 3.05) is 20.3 Å². The Labute approximate surface area is 191 Å². The molecule has 0 aliphatic carbocycles. The number of benzene rings is 2. The standard InChI is InChI=1S/C25H25FN2O5/c1-16-12-22(17(2)28(16)14-18-4-8-20(26)9-5-18)23(29)15-33-24(30)13-27-25(31)19-6-10-21(32-3)11-7-19/h4-12H,13-15H2,1-3H3,(H,27,31). The number of Topliss-reactive ketones (excluding diaryl/α,β-unsaturated/α-hetero) is 1. The van der Waals surface area contributed by atoms with Crippen LogP contribution in [0.2, 0.25) is 0 Å². The van der Waals surface area contributed by atoms with E-state index < -0.39 is 18.5 Å². The van der Waals surface area contributed by atoms with E-state index in [0.717, 1.165) is 17.0 Å². The van der Waals surface area contributed by atoms with Crippen LogP contribution in [0.3, 0.4) is 0 Å². The van der Waals surface area contributed by atoms with Gasteiger partial charge in [-0.3, -0.25) is 14.4 Å². The average molecular weight is 452 g/mol. The Morgan fingerprint density at radius 1 is 1.00 bits per heavy atom. The second kappa shape index (κ2) is 10.6. The topological polar surface area (TPSA) is 86.6 Å². The van der Waals surface area contributed by atoms with Crippen LogP contribution in [0.1, 0.15) is 37.7 Å². The molecule has 0 saturated carbocycles. The summed E-state index contributed by atoms with van der Waals surface area (Å²) in [5, 5.41) is 2.46. The molecule has 0 radical (unpaired) electrons. The highest BCUT2D eigenvalue weighted by Gasteiger charge is 2.18. The number of halogens is 1. The number of hydrogen-bond donors (Lipinski definition) is 1. The van der Waals surface area contributed by atoms with Gasteiger partial charge in [-0.2, -0.15) is 0 Å². The third kappa shape index (κ3) is 6.06. The third-order valence-electron chi connectivity index (χ3n) is 5.24. The number of ketones is 1. The summed E-state index contributed by atoms with van der Waals surface area (Å²) in [5.74, 6) is -1.20. The van der Waals surface area contributed by atoms with Crippen LogP contribution in [0, 0.1) is 19.7 Å². The van der Waals surface area contributed by atoms with Gasteiger partial charge in [-0.1, -0.05) is 12.1 Å². The number of aromatic nitrogens is 1. The van der Waals surface area contributed by atoms with Crippen molar-refractivity contribution in [2.45, 2.75) is 20.4 Å². The minimum atomic E-state index is -0.717. The van der Waals surface area contributed by atoms with Gasteiger partial charge in [-0.25, -0.2) is 4.39 Å². The molecule has 1 N–H and O–H groups in total. The molecule has 33 heavy (non-hydrogen) atoms. The van der Waals surface area contributed by atoms with Crippen molar-refractivity contribution in [1.29, 1.82) is 0 Å². The first kappa shape index (κ1) is 23.7. The monoisotopic (exact) mass is 452 g/mol. The smallest absolute Gasteiger partial charge is 0.325 e. The first-order valence-electron chi connectivity index (χ1n) is 10.3. The molecular weight excluding hydrogens is 427 g/mol. The second-order valence-corrected chi connectivity index (χ2v) is 7.49. The van der Waals surface area contributed by atoms with Crippen molar-refractivity contribution >= 4 is 17.7 Å². The summed E-state index contributed by atoms with van der Waals surface area (Å²) in [6.07, 6.45) is 0. The van der Waals surface area contributed by atoms with Gasteiger partial charge in [0.1, 0.15) is 18.1 Å². The number of nitrogens with zero attached hydrogens (tertiary/aromatic N) is 1. The molecule has 1 aromatic heterocycles. The van der Waals surface area contributed by atoms with Gasteiger partial charge in [0.2, 0.25) is 5.78 Å². The Morgan fingerprint density at radius 3 is 2.30 bits per heavy atom. The summed E-state index contributed by atoms with van der Waals surface area (Å²) in [6.45, 7) is 3.37. The lowest BCUT2D eigenvalue weighted by molar-refractivity contribution is -0.141. The lowest BCUT2D eigenvalue weighted by Gasteiger charge is -2.10. The highest BCUT2D eigenvalue weighted by atomic mass is 19.1. The van der Waals surface area contributed by atoms with Crippen molar-refractivity contribution in [1.82, 2.24) is 9.88 Å². The van der Waals surface area contributed by atoms with Gasteiger partial charge in [0.15, 0.2) is 6.61 Å². The van der Waals surface area contributed by atoms with Crippen LogP contribution < -0.4 is 10.1 Å². The van der Waals surface area contributed by atoms with Crippen molar-refractivity contribution in [3.05, 3.63) is 88.5 Å². The third-order valence-corrected chi connectivity index (χ3v) is 5.24. The van der Waals surface area contributed by atoms with Crippen LogP contribution in [-0.4, -0.2) is 42.5 Å². The minimum Gasteiger partial charge on any atom is -0.497 e. The van der Waals surface area contributed by atoms with E-state index in [1.165, 1.54) is 19.2 Å². The number of ether oxygens (including phenoxy) is 2. The van der Waals surface area contributed by atoms with E-state index in [-0.39, 0.29) is 18.1 Å². The highest BCUT2D eigenvalue weighted by Crippen LogP contribution is 2.18. The number of methoxy groups -OCH3 is 1. The van der Waals surface area contributed by atoms with Gasteiger partial charge in [0, 0.05) is 29.1 Å². The molecule has 0 fully saturated rings. The predicted molar refractivity (Wildman–Crippen MR) is 120 cm³/mol. The summed E-state index contributed by atoms with van der Waals surface area (Å²) < 4.78 is 25.2. The summed E-state index contributed by atoms with van der Waals surface area (Å²) in [7, 11) is 1.52. The predicted octanol–water partition coefficient (Wildman–Crippen LogP) is 3.46. The van der Waals surface area contributed by atoms with E-state index in [2.05, 4.69) is 5.32 Å². The van der Waals surface area contributed by atoms with E-state index in [9.17, 15) is 18.8 Å². The van der Waals surface area contributed by atoms with E-state index in [1.807, 2.05) is 11.5 Å². The van der Waals surface area contributed by atoms with E-state index in [1.54, 1.807) is 49.4 Å². The van der Waals surface area contributed by atoms with Gasteiger partial charge in [-0.05, 0) is 61.9 Å². The molecule has 3 aromatic rings. The number of rotatable bonds is 9. The van der Waals surface area contributed by atoms with Gasteiger partial charge >= 0.3 is 5.97 Å². The second-order valence-electron chi connectivity index (χ2n) is 7.49. The summed E-state index contributed by atoms with van der Waals surface area (Å²) in [4.78, 5) is 36.7. The molecule has 1 amide bonds. The van der Waals surface area contributed by atoms with Crippen molar-refractivity contribution in [3.63, 3.8) is 0 Å². The molecule has 0 aliphatic heterocycles. The van der Waals surface area contributed by atoms with Crippen LogP contribution in [0.15, 0.2) is 54.6 Å². The molecule has 0 spiro atoms. The number of carbonyl (C=O) groups excluding carboxylic acids is 3. The zero-order valence-corrected chi connectivity index (χ0v) is 18.7. The number of esters is 1. The first-order chi connectivity index (χ1) is 15.8. The molecule has 2 aromatic carbocycles. The molecule has 0 saturated heterocycles. The van der Waals surface area contributed by atoms with Crippen LogP contribution in [0.5, 0.6) is 5.75 Å². The van der Waals surface area contributed by atoms with Crippen molar-refractivity contribution in [3.8, 4) is 5.75 Å². The number of aryl methyl sites for hydroxylation is 1. The van der Waals surface area contributed by atoms with Crippen LogP contribution in [-0.2, 0) is 16.1 Å². The fraction of sp³-hybridized carbons (Fsp3) is 0.240. The fourth-order valence-corrected chi connectivity index (χ4v) is 3.37. The fourth-order valence-electron chi connectivity index (χ4n) is 3.37. The van der Waals surface area contributed by atoms with Crippen LogP contribution >= 0.6 is 0 Å². The molecule has 172 valence electrons. The number of amides is 1. The van der Waals surface area contributed by atoms with Crippen molar-refractivity contribution < 1.29 is 28.2 Å². The lowest BCUT2D eigenvalue weighted by atomic mass is 10.1. The van der Waals surface area contributed by atoms with Crippen LogP contribution in [0.4, 0.5) is 4.39 Å². The largest absolute Gasteiger partial charge is 0.497 e. The maximum absolute atomic E-state index is 13.1. The lowest BCUT2D eigenvalue weighted by Crippen LogP contribution is -2.31. The zero-order valence-electron chi connectivity index (χ0n) is 18.7. The maximum atomic E-state index is 13.1. The molecule has 8 heteroatoms.